The van der Waals surface area contributed by atoms with E-state index in [0.29, 0.717) is 18.8 Å². The minimum absolute atomic E-state index is 0.113. The summed E-state index contributed by atoms with van der Waals surface area (Å²) in [5, 5.41) is 2.97. The number of carbonyl (C=O) groups is 1. The topological polar surface area (TPSA) is 57.7 Å². The molecule has 0 saturated carbocycles. The second-order valence-corrected chi connectivity index (χ2v) is 9.01. The average Bonchev–Trinajstić information content (AvgIpc) is 2.91. The van der Waals surface area contributed by atoms with Crippen molar-refractivity contribution in [2.24, 2.45) is 5.92 Å². The number of hydrogen-bond donors (Lipinski definition) is 0. The Morgan fingerprint density at radius 1 is 1.33 bits per heavy atom. The van der Waals surface area contributed by atoms with Crippen molar-refractivity contribution in [3.8, 4) is 0 Å². The van der Waals surface area contributed by atoms with Gasteiger partial charge in [-0.2, -0.15) is 0 Å². The summed E-state index contributed by atoms with van der Waals surface area (Å²) in [6, 6.07) is 3.92. The maximum Gasteiger partial charge on any atom is 0.241 e. The van der Waals surface area contributed by atoms with Gasteiger partial charge in [0.1, 0.15) is 0 Å². The van der Waals surface area contributed by atoms with Gasteiger partial charge < -0.3 is 4.90 Å². The van der Waals surface area contributed by atoms with Crippen LogP contribution in [0.3, 0.4) is 0 Å². The summed E-state index contributed by atoms with van der Waals surface area (Å²) in [7, 11) is -2.86. The summed E-state index contributed by atoms with van der Waals surface area (Å²) in [5.41, 5.74) is 0. The molecular formula is C14H20N2O3S2. The maximum atomic E-state index is 12.2. The molecule has 0 aliphatic carbocycles. The number of sulfone groups is 1. The van der Waals surface area contributed by atoms with E-state index in [1.165, 1.54) is 0 Å². The third kappa shape index (κ3) is 3.64. The molecule has 0 bridgehead atoms. The Labute approximate surface area is 129 Å². The Morgan fingerprint density at radius 3 is 2.86 bits per heavy atom. The molecule has 1 atom stereocenters. The molecule has 0 spiro atoms. The first-order valence-corrected chi connectivity index (χ1v) is 10.0. The zero-order chi connectivity index (χ0) is 14.9. The summed E-state index contributed by atoms with van der Waals surface area (Å²) in [5.74, 6) is 0.910. The van der Waals surface area contributed by atoms with Crippen LogP contribution in [0.5, 0.6) is 0 Å². The summed E-state index contributed by atoms with van der Waals surface area (Å²) >= 11 is 1.58. The van der Waals surface area contributed by atoms with Gasteiger partial charge in [0.05, 0.1) is 23.1 Å². The predicted octanol–water partition coefficient (Wildman–Crippen LogP) is 1.22. The molecule has 0 aromatic carbocycles. The van der Waals surface area contributed by atoms with Crippen LogP contribution in [-0.2, 0) is 14.6 Å². The Balaban J connectivity index is 1.56. The number of amides is 1. The molecule has 2 saturated heterocycles. The second-order valence-electron chi connectivity index (χ2n) is 5.85. The summed E-state index contributed by atoms with van der Waals surface area (Å²) in [4.78, 5) is 16.2. The first-order valence-electron chi connectivity index (χ1n) is 7.30. The highest BCUT2D eigenvalue weighted by Gasteiger charge is 2.30. The molecule has 1 unspecified atom stereocenters. The van der Waals surface area contributed by atoms with E-state index < -0.39 is 9.84 Å². The third-order valence-corrected chi connectivity index (χ3v) is 6.93. The van der Waals surface area contributed by atoms with E-state index >= 15 is 0 Å². The normalized spacial score (nSPS) is 27.0. The molecule has 2 fully saturated rings. The fourth-order valence-corrected chi connectivity index (χ4v) is 5.70. The van der Waals surface area contributed by atoms with E-state index in [1.54, 1.807) is 11.3 Å². The Morgan fingerprint density at radius 2 is 2.19 bits per heavy atom. The highest BCUT2D eigenvalue weighted by molar-refractivity contribution is 7.91. The van der Waals surface area contributed by atoms with Crippen molar-refractivity contribution >= 4 is 32.1 Å². The number of piperazine rings is 1. The highest BCUT2D eigenvalue weighted by atomic mass is 32.2. The molecule has 2 aliphatic heterocycles. The summed E-state index contributed by atoms with van der Waals surface area (Å²) < 4.78 is 23.4. The van der Waals surface area contributed by atoms with E-state index in [0.717, 1.165) is 30.9 Å². The van der Waals surface area contributed by atoms with E-state index in [1.807, 2.05) is 22.4 Å². The number of nitrogens with zero attached hydrogens (tertiary/aromatic N) is 2. The number of carbonyl (C=O) groups excluding carboxylic acids is 1. The maximum absolute atomic E-state index is 12.2. The van der Waals surface area contributed by atoms with Gasteiger partial charge >= 0.3 is 0 Å². The molecular weight excluding hydrogens is 308 g/mol. The summed E-state index contributed by atoms with van der Waals surface area (Å²) in [6.45, 7) is 2.64. The largest absolute Gasteiger partial charge is 0.301 e. The first kappa shape index (κ1) is 15.0. The standard InChI is InChI=1S/C14H20N2O3S2/c17-13-10-15(5-6-16(13)14-4-1-7-20-14)9-12-3-2-8-21(18,19)11-12/h1,4,7,12H,2-3,5-6,8-11H2. The van der Waals surface area contributed by atoms with Gasteiger partial charge in [-0.3, -0.25) is 9.69 Å². The van der Waals surface area contributed by atoms with Crippen molar-refractivity contribution in [3.05, 3.63) is 17.5 Å². The van der Waals surface area contributed by atoms with Crippen LogP contribution in [0, 0.1) is 5.92 Å². The molecule has 5 nitrogen and oxygen atoms in total. The van der Waals surface area contributed by atoms with Crippen molar-refractivity contribution in [3.63, 3.8) is 0 Å². The van der Waals surface area contributed by atoms with E-state index in [-0.39, 0.29) is 17.6 Å². The van der Waals surface area contributed by atoms with Crippen LogP contribution in [0.25, 0.3) is 0 Å². The van der Waals surface area contributed by atoms with Gasteiger partial charge in [0, 0.05) is 19.6 Å². The lowest BCUT2D eigenvalue weighted by Gasteiger charge is -2.36. The quantitative estimate of drug-likeness (QED) is 0.837. The van der Waals surface area contributed by atoms with Gasteiger partial charge in [0.25, 0.3) is 0 Å². The number of thiophene rings is 1. The fourth-order valence-electron chi connectivity index (χ4n) is 3.16. The van der Waals surface area contributed by atoms with Crippen molar-refractivity contribution in [1.82, 2.24) is 4.90 Å². The Bertz CT molecular complexity index is 598. The zero-order valence-corrected chi connectivity index (χ0v) is 13.5. The number of hydrogen-bond acceptors (Lipinski definition) is 5. The van der Waals surface area contributed by atoms with E-state index in [2.05, 4.69) is 4.90 Å². The minimum atomic E-state index is -2.86. The molecule has 1 amide bonds. The minimum Gasteiger partial charge on any atom is -0.301 e. The van der Waals surface area contributed by atoms with Crippen molar-refractivity contribution < 1.29 is 13.2 Å². The number of anilines is 1. The first-order chi connectivity index (χ1) is 10.0. The molecule has 0 radical (unpaired) electrons. The van der Waals surface area contributed by atoms with Gasteiger partial charge in [-0.15, -0.1) is 11.3 Å². The number of rotatable bonds is 3. The van der Waals surface area contributed by atoms with Crippen molar-refractivity contribution in [1.29, 1.82) is 0 Å². The van der Waals surface area contributed by atoms with Gasteiger partial charge in [0.2, 0.25) is 5.91 Å². The highest BCUT2D eigenvalue weighted by Crippen LogP contribution is 2.24. The monoisotopic (exact) mass is 328 g/mol. The average molecular weight is 328 g/mol. The van der Waals surface area contributed by atoms with Gasteiger partial charge in [0.15, 0.2) is 9.84 Å². The lowest BCUT2D eigenvalue weighted by molar-refractivity contribution is -0.121. The smallest absolute Gasteiger partial charge is 0.241 e. The molecule has 1 aromatic rings. The lowest BCUT2D eigenvalue weighted by atomic mass is 10.0. The third-order valence-electron chi connectivity index (χ3n) is 4.15. The lowest BCUT2D eigenvalue weighted by Crippen LogP contribution is -2.52. The second kappa shape index (κ2) is 6.06. The van der Waals surface area contributed by atoms with Gasteiger partial charge in [-0.1, -0.05) is 0 Å². The van der Waals surface area contributed by atoms with Crippen LogP contribution in [0.4, 0.5) is 5.00 Å². The zero-order valence-electron chi connectivity index (χ0n) is 11.9. The molecule has 3 rings (SSSR count). The molecule has 7 heteroatoms. The Hall–Kier alpha value is -0.920. The summed E-state index contributed by atoms with van der Waals surface area (Å²) in [6.07, 6.45) is 1.72. The predicted molar refractivity (Wildman–Crippen MR) is 84.5 cm³/mol. The van der Waals surface area contributed by atoms with Crippen LogP contribution in [0.2, 0.25) is 0 Å². The van der Waals surface area contributed by atoms with Gasteiger partial charge in [-0.05, 0) is 36.3 Å². The van der Waals surface area contributed by atoms with Crippen molar-refractivity contribution in [2.75, 3.05) is 42.6 Å². The van der Waals surface area contributed by atoms with Gasteiger partial charge in [-0.25, -0.2) is 8.42 Å². The molecule has 0 N–H and O–H groups in total. The fraction of sp³-hybridized carbons (Fsp3) is 0.643. The molecule has 1 aromatic heterocycles. The van der Waals surface area contributed by atoms with Crippen LogP contribution in [0.15, 0.2) is 17.5 Å². The van der Waals surface area contributed by atoms with E-state index in [9.17, 15) is 13.2 Å². The van der Waals surface area contributed by atoms with Crippen LogP contribution in [0.1, 0.15) is 12.8 Å². The van der Waals surface area contributed by atoms with E-state index in [4.69, 9.17) is 0 Å². The van der Waals surface area contributed by atoms with Crippen LogP contribution < -0.4 is 4.90 Å². The molecule has 3 heterocycles. The van der Waals surface area contributed by atoms with Crippen molar-refractivity contribution in [2.45, 2.75) is 12.8 Å². The van der Waals surface area contributed by atoms with Crippen LogP contribution in [-0.4, -0.2) is 56.9 Å². The molecule has 21 heavy (non-hydrogen) atoms. The Kier molecular flexibility index (Phi) is 4.33. The van der Waals surface area contributed by atoms with Crippen LogP contribution >= 0.6 is 11.3 Å². The SMILES string of the molecule is O=C1CN(CC2CCCS(=O)(=O)C2)CCN1c1cccs1. The molecule has 116 valence electrons. The molecule has 2 aliphatic rings.